The summed E-state index contributed by atoms with van der Waals surface area (Å²) >= 11 is 5.86. The molecule has 0 aromatic carbocycles. The van der Waals surface area contributed by atoms with E-state index >= 15 is 0 Å². The van der Waals surface area contributed by atoms with Gasteiger partial charge >= 0.3 is 0 Å². The van der Waals surface area contributed by atoms with Gasteiger partial charge in [0.2, 0.25) is 0 Å². The highest BCUT2D eigenvalue weighted by molar-refractivity contribution is 6.17. The highest BCUT2D eigenvalue weighted by atomic mass is 35.5. The van der Waals surface area contributed by atoms with Crippen molar-refractivity contribution >= 4 is 11.6 Å². The van der Waals surface area contributed by atoms with Crippen molar-refractivity contribution in [2.45, 2.75) is 31.2 Å². The third-order valence-corrected chi connectivity index (χ3v) is 3.65. The van der Waals surface area contributed by atoms with Gasteiger partial charge in [-0.15, -0.1) is 11.6 Å². The molecule has 1 aliphatic rings. The van der Waals surface area contributed by atoms with Crippen molar-refractivity contribution in [3.8, 4) is 5.75 Å². The summed E-state index contributed by atoms with van der Waals surface area (Å²) in [7, 11) is 2.17. The van der Waals surface area contributed by atoms with E-state index in [1.165, 1.54) is 25.8 Å². The largest absolute Gasteiger partial charge is 0.490 e. The minimum absolute atomic E-state index is 0.471. The highest BCUT2D eigenvalue weighted by Crippen LogP contribution is 2.21. The molecule has 3 nitrogen and oxygen atoms in total. The Balaban J connectivity index is 1.92. The van der Waals surface area contributed by atoms with Crippen LogP contribution in [0.25, 0.3) is 0 Å². The van der Waals surface area contributed by atoms with E-state index in [2.05, 4.69) is 16.9 Å². The second-order valence-electron chi connectivity index (χ2n) is 4.56. The molecule has 17 heavy (non-hydrogen) atoms. The van der Waals surface area contributed by atoms with E-state index in [-0.39, 0.29) is 0 Å². The first-order valence-corrected chi connectivity index (χ1v) is 6.66. The van der Waals surface area contributed by atoms with Crippen LogP contribution in [0, 0.1) is 0 Å². The Kier molecular flexibility index (Phi) is 4.63. The number of halogens is 1. The highest BCUT2D eigenvalue weighted by Gasteiger charge is 2.19. The van der Waals surface area contributed by atoms with Crippen molar-refractivity contribution in [1.29, 1.82) is 0 Å². The van der Waals surface area contributed by atoms with E-state index in [0.29, 0.717) is 11.9 Å². The van der Waals surface area contributed by atoms with Crippen LogP contribution >= 0.6 is 11.6 Å². The molecular weight excluding hydrogens is 236 g/mol. The summed E-state index contributed by atoms with van der Waals surface area (Å²) in [6.45, 7) is 1.90. The smallest absolute Gasteiger partial charge is 0.142 e. The van der Waals surface area contributed by atoms with E-state index in [1.54, 1.807) is 12.4 Å². The molecule has 1 fully saturated rings. The van der Waals surface area contributed by atoms with E-state index in [0.717, 1.165) is 17.9 Å². The van der Waals surface area contributed by atoms with Gasteiger partial charge in [-0.3, -0.25) is 4.98 Å². The summed E-state index contributed by atoms with van der Waals surface area (Å²) in [5, 5.41) is 0. The summed E-state index contributed by atoms with van der Waals surface area (Å²) in [6.07, 6.45) is 7.31. The Bertz CT molecular complexity index is 359. The normalized spacial score (nSPS) is 21.4. The van der Waals surface area contributed by atoms with Gasteiger partial charge in [-0.2, -0.15) is 0 Å². The van der Waals surface area contributed by atoms with Gasteiger partial charge in [0, 0.05) is 17.8 Å². The zero-order chi connectivity index (χ0) is 12.1. The Labute approximate surface area is 108 Å². The van der Waals surface area contributed by atoms with Gasteiger partial charge < -0.3 is 9.64 Å². The molecule has 0 radical (unpaired) electrons. The average molecular weight is 255 g/mol. The molecule has 4 heteroatoms. The topological polar surface area (TPSA) is 25.4 Å². The first-order valence-electron chi connectivity index (χ1n) is 6.13. The van der Waals surface area contributed by atoms with Crippen LogP contribution in [0.1, 0.15) is 24.8 Å². The fourth-order valence-electron chi connectivity index (χ4n) is 2.19. The molecule has 0 saturated carbocycles. The van der Waals surface area contributed by atoms with Crippen molar-refractivity contribution in [1.82, 2.24) is 9.88 Å². The number of hydrogen-bond acceptors (Lipinski definition) is 3. The molecule has 1 unspecified atom stereocenters. The molecule has 1 atom stereocenters. The van der Waals surface area contributed by atoms with Crippen LogP contribution < -0.4 is 4.74 Å². The number of piperidine rings is 1. The zero-order valence-electron chi connectivity index (χ0n) is 10.2. The number of aromatic nitrogens is 1. The predicted octanol–water partition coefficient (Wildman–Crippen LogP) is 2.68. The lowest BCUT2D eigenvalue weighted by molar-refractivity contribution is 0.124. The lowest BCUT2D eigenvalue weighted by atomic mass is 10.0. The van der Waals surface area contributed by atoms with Gasteiger partial charge in [0.15, 0.2) is 0 Å². The Morgan fingerprint density at radius 3 is 3.18 bits per heavy atom. The molecule has 0 bridgehead atoms. The van der Waals surface area contributed by atoms with Crippen molar-refractivity contribution in [2.24, 2.45) is 0 Å². The molecule has 2 heterocycles. The van der Waals surface area contributed by atoms with Crippen LogP contribution in [0.5, 0.6) is 5.75 Å². The molecule has 2 rings (SSSR count). The number of likely N-dealkylation sites (N-methyl/N-ethyl adjacent to an activating group) is 1. The summed E-state index contributed by atoms with van der Waals surface area (Å²) < 4.78 is 5.85. The standard InChI is InChI=1S/C13H19ClN2O/c1-16-7-3-2-4-12(16)10-17-13-9-15-6-5-11(13)8-14/h5-6,9,12H,2-4,7-8,10H2,1H3. The molecule has 0 spiro atoms. The third-order valence-electron chi connectivity index (χ3n) is 3.37. The van der Waals surface area contributed by atoms with Crippen molar-refractivity contribution in [2.75, 3.05) is 20.2 Å². The summed E-state index contributed by atoms with van der Waals surface area (Å²) in [4.78, 5) is 6.45. The van der Waals surface area contributed by atoms with Gasteiger partial charge in [-0.1, -0.05) is 6.42 Å². The second-order valence-corrected chi connectivity index (χ2v) is 4.83. The Hall–Kier alpha value is -0.800. The quantitative estimate of drug-likeness (QED) is 0.773. The van der Waals surface area contributed by atoms with E-state index in [4.69, 9.17) is 16.3 Å². The maximum atomic E-state index is 5.86. The van der Waals surface area contributed by atoms with Gasteiger partial charge in [0.25, 0.3) is 0 Å². The third kappa shape index (κ3) is 3.33. The lowest BCUT2D eigenvalue weighted by Crippen LogP contribution is -2.40. The fraction of sp³-hybridized carbons (Fsp3) is 0.615. The predicted molar refractivity (Wildman–Crippen MR) is 69.6 cm³/mol. The summed E-state index contributed by atoms with van der Waals surface area (Å²) in [5.41, 5.74) is 1.01. The van der Waals surface area contributed by atoms with E-state index in [1.807, 2.05) is 6.07 Å². The number of ether oxygens (including phenoxy) is 1. The second kappa shape index (κ2) is 6.22. The van der Waals surface area contributed by atoms with E-state index in [9.17, 15) is 0 Å². The minimum atomic E-state index is 0.471. The van der Waals surface area contributed by atoms with Crippen molar-refractivity contribution in [3.05, 3.63) is 24.0 Å². The van der Waals surface area contributed by atoms with Crippen LogP contribution in [-0.4, -0.2) is 36.1 Å². The van der Waals surface area contributed by atoms with Crippen LogP contribution in [0.2, 0.25) is 0 Å². The number of alkyl halides is 1. The van der Waals surface area contributed by atoms with Gasteiger partial charge in [0.1, 0.15) is 12.4 Å². The van der Waals surface area contributed by atoms with Crippen LogP contribution in [-0.2, 0) is 5.88 Å². The first-order chi connectivity index (χ1) is 8.31. The summed E-state index contributed by atoms with van der Waals surface area (Å²) in [5.74, 6) is 1.29. The number of rotatable bonds is 4. The minimum Gasteiger partial charge on any atom is -0.490 e. The Morgan fingerprint density at radius 1 is 1.53 bits per heavy atom. The summed E-state index contributed by atoms with van der Waals surface area (Å²) in [6, 6.07) is 2.43. The van der Waals surface area contributed by atoms with Gasteiger partial charge in [-0.25, -0.2) is 0 Å². The molecule has 1 aliphatic heterocycles. The zero-order valence-corrected chi connectivity index (χ0v) is 11.0. The molecular formula is C13H19ClN2O. The molecule has 1 aromatic rings. The van der Waals surface area contributed by atoms with Crippen LogP contribution in [0.4, 0.5) is 0 Å². The molecule has 0 aliphatic carbocycles. The van der Waals surface area contributed by atoms with Crippen LogP contribution in [0.15, 0.2) is 18.5 Å². The SMILES string of the molecule is CN1CCCCC1COc1cnccc1CCl. The number of nitrogens with zero attached hydrogens (tertiary/aromatic N) is 2. The Morgan fingerprint density at radius 2 is 2.41 bits per heavy atom. The fourth-order valence-corrected chi connectivity index (χ4v) is 2.41. The molecule has 0 amide bonds. The van der Waals surface area contributed by atoms with Crippen LogP contribution in [0.3, 0.4) is 0 Å². The van der Waals surface area contributed by atoms with Crippen molar-refractivity contribution in [3.63, 3.8) is 0 Å². The van der Waals surface area contributed by atoms with Gasteiger partial charge in [-0.05, 0) is 32.5 Å². The van der Waals surface area contributed by atoms with Crippen molar-refractivity contribution < 1.29 is 4.74 Å². The molecule has 1 aromatic heterocycles. The maximum Gasteiger partial charge on any atom is 0.142 e. The number of pyridine rings is 1. The average Bonchev–Trinajstić information content (AvgIpc) is 2.38. The monoisotopic (exact) mass is 254 g/mol. The number of hydrogen-bond donors (Lipinski definition) is 0. The molecule has 1 saturated heterocycles. The number of likely N-dealkylation sites (tertiary alicyclic amines) is 1. The van der Waals surface area contributed by atoms with Gasteiger partial charge in [0.05, 0.1) is 12.1 Å². The first kappa shape index (κ1) is 12.7. The molecule has 0 N–H and O–H groups in total. The molecule has 94 valence electrons. The lowest BCUT2D eigenvalue weighted by Gasteiger charge is -2.32. The van der Waals surface area contributed by atoms with E-state index < -0.39 is 0 Å². The maximum absolute atomic E-state index is 5.86.